The van der Waals surface area contributed by atoms with Gasteiger partial charge in [-0.15, -0.1) is 0 Å². The van der Waals surface area contributed by atoms with Gasteiger partial charge in [0.1, 0.15) is 4.32 Å². The number of unbranched alkanes of at least 4 members (excludes halogenated alkanes) is 5. The van der Waals surface area contributed by atoms with Crippen molar-refractivity contribution >= 4 is 34.2 Å². The van der Waals surface area contributed by atoms with Gasteiger partial charge in [0.25, 0.3) is 0 Å². The number of thioether (sulfide) groups is 1. The van der Waals surface area contributed by atoms with Gasteiger partial charge < -0.3 is 5.11 Å². The molecule has 30 heavy (non-hydrogen) atoms. The van der Waals surface area contributed by atoms with Gasteiger partial charge in [-0.1, -0.05) is 105 Å². The molecule has 0 aliphatic carbocycles. The van der Waals surface area contributed by atoms with Crippen molar-refractivity contribution in [1.82, 2.24) is 4.90 Å². The summed E-state index contributed by atoms with van der Waals surface area (Å²) in [6, 6.07) is 10.2. The monoisotopic (exact) mass is 445 g/mol. The first-order valence-corrected chi connectivity index (χ1v) is 12.5. The number of thiocarbonyl (C=S) groups is 1. The molecule has 0 aromatic heterocycles. The summed E-state index contributed by atoms with van der Waals surface area (Å²) in [6.07, 6.45) is 13.6. The predicted octanol–water partition coefficient (Wildman–Crippen LogP) is 6.07. The molecule has 164 valence electrons. The first kappa shape index (κ1) is 24.8. The largest absolute Gasteiger partial charge is 0.388 e. The van der Waals surface area contributed by atoms with Gasteiger partial charge >= 0.3 is 0 Å². The minimum atomic E-state index is -0.780. The molecule has 0 radical (unpaired) electrons. The van der Waals surface area contributed by atoms with Gasteiger partial charge in [-0.3, -0.25) is 9.69 Å². The lowest BCUT2D eigenvalue weighted by atomic mass is 10.0. The molecule has 1 N–H and O–H groups in total. The number of carbonyl (C=O) groups is 1. The van der Waals surface area contributed by atoms with E-state index in [9.17, 15) is 9.90 Å². The van der Waals surface area contributed by atoms with Crippen LogP contribution in [0.3, 0.4) is 0 Å². The first-order valence-electron chi connectivity index (χ1n) is 11.1. The molecule has 0 bridgehead atoms. The maximum Gasteiger partial charge on any atom is 0.231 e. The quantitative estimate of drug-likeness (QED) is 0.241. The summed E-state index contributed by atoms with van der Waals surface area (Å²) in [5.74, 6) is 0.719. The average Bonchev–Trinajstić information content (AvgIpc) is 3.10. The van der Waals surface area contributed by atoms with Crippen molar-refractivity contribution in [3.8, 4) is 0 Å². The molecule has 1 aliphatic rings. The van der Waals surface area contributed by atoms with E-state index in [1.165, 1.54) is 37.7 Å². The Kier molecular flexibility index (Phi) is 11.4. The Balaban J connectivity index is 1.83. The summed E-state index contributed by atoms with van der Waals surface area (Å²) in [6.45, 7) is 4.10. The number of allylic oxidation sites excluding steroid dienone is 3. The number of aliphatic hydroxyl groups excluding tert-OH is 1. The summed E-state index contributed by atoms with van der Waals surface area (Å²) in [7, 11) is 0. The van der Waals surface area contributed by atoms with Crippen LogP contribution < -0.4 is 0 Å². The molecule has 1 aromatic rings. The molecule has 1 aliphatic heterocycles. The molecular formula is C25H35NO2S2. The molecule has 5 heteroatoms. The molecule has 1 heterocycles. The minimum absolute atomic E-state index is 0.0569. The predicted molar refractivity (Wildman–Crippen MR) is 133 cm³/mol. The number of hydrogen-bond donors (Lipinski definition) is 1. The van der Waals surface area contributed by atoms with E-state index >= 15 is 0 Å². The molecule has 1 fully saturated rings. The van der Waals surface area contributed by atoms with Crippen LogP contribution in [-0.2, 0) is 11.2 Å². The Morgan fingerprint density at radius 2 is 2.00 bits per heavy atom. The van der Waals surface area contributed by atoms with Gasteiger partial charge in [0, 0.05) is 5.75 Å². The number of aliphatic hydroxyl groups is 1. The molecule has 1 aromatic carbocycles. The molecule has 1 saturated heterocycles. The van der Waals surface area contributed by atoms with Crippen molar-refractivity contribution in [2.45, 2.75) is 77.4 Å². The third-order valence-corrected chi connectivity index (χ3v) is 6.95. The van der Waals surface area contributed by atoms with E-state index in [0.717, 1.165) is 24.2 Å². The molecule has 3 nitrogen and oxygen atoms in total. The molecule has 1 amide bonds. The standard InChI is InChI=1S/C25H35NO2S2/c1-3-4-5-6-7-8-9-11-14-20(2)23(27)18-24(28)26-22(19-30-25(26)29)17-21-15-12-10-13-16-21/h9-16,22-23,27H,3-8,17-19H2,1-2H3/b11-9+,20-14+/t22-,23+/m0/s1. The molecule has 0 saturated carbocycles. The van der Waals surface area contributed by atoms with E-state index in [2.05, 4.69) is 25.1 Å². The van der Waals surface area contributed by atoms with Crippen LogP contribution in [0.1, 0.15) is 64.4 Å². The highest BCUT2D eigenvalue weighted by atomic mass is 32.2. The molecule has 2 atom stereocenters. The van der Waals surface area contributed by atoms with E-state index in [-0.39, 0.29) is 18.4 Å². The van der Waals surface area contributed by atoms with Crippen LogP contribution in [0.15, 0.2) is 54.1 Å². The highest BCUT2D eigenvalue weighted by Gasteiger charge is 2.34. The van der Waals surface area contributed by atoms with Crippen molar-refractivity contribution < 1.29 is 9.90 Å². The third-order valence-electron chi connectivity index (χ3n) is 5.41. The van der Waals surface area contributed by atoms with E-state index in [1.54, 1.807) is 16.7 Å². The second-order valence-corrected chi connectivity index (χ2v) is 9.60. The number of carbonyl (C=O) groups excluding carboxylic acids is 1. The Hall–Kier alpha value is -1.43. The lowest BCUT2D eigenvalue weighted by molar-refractivity contribution is -0.129. The van der Waals surface area contributed by atoms with Gasteiger partial charge in [0.15, 0.2) is 0 Å². The van der Waals surface area contributed by atoms with Crippen LogP contribution in [0, 0.1) is 0 Å². The lowest BCUT2D eigenvalue weighted by Crippen LogP contribution is -2.41. The summed E-state index contributed by atoms with van der Waals surface area (Å²) >= 11 is 6.98. The van der Waals surface area contributed by atoms with Crippen molar-refractivity contribution in [3.05, 3.63) is 59.7 Å². The SMILES string of the molecule is CCCCCCC/C=C/C=C(\C)[C@H](O)CC(=O)N1C(=S)SC[C@@H]1Cc1ccccc1. The highest BCUT2D eigenvalue weighted by molar-refractivity contribution is 8.23. The number of nitrogens with zero attached hydrogens (tertiary/aromatic N) is 1. The summed E-state index contributed by atoms with van der Waals surface area (Å²) in [5, 5.41) is 10.5. The van der Waals surface area contributed by atoms with Gasteiger partial charge in [0.2, 0.25) is 5.91 Å². The highest BCUT2D eigenvalue weighted by Crippen LogP contribution is 2.28. The van der Waals surface area contributed by atoms with Crippen molar-refractivity contribution in [2.24, 2.45) is 0 Å². The topological polar surface area (TPSA) is 40.5 Å². The van der Waals surface area contributed by atoms with Gasteiger partial charge in [-0.2, -0.15) is 0 Å². The number of rotatable bonds is 12. The summed E-state index contributed by atoms with van der Waals surface area (Å²) in [4.78, 5) is 14.6. The van der Waals surface area contributed by atoms with Crippen LogP contribution >= 0.6 is 24.0 Å². The first-order chi connectivity index (χ1) is 14.5. The van der Waals surface area contributed by atoms with Crippen LogP contribution in [0.5, 0.6) is 0 Å². The second-order valence-electron chi connectivity index (χ2n) is 7.95. The van der Waals surface area contributed by atoms with E-state index in [0.29, 0.717) is 4.32 Å². The van der Waals surface area contributed by atoms with Crippen LogP contribution in [0.25, 0.3) is 0 Å². The Labute approximate surface area is 191 Å². The fourth-order valence-corrected chi connectivity index (χ4v) is 4.97. The van der Waals surface area contributed by atoms with E-state index < -0.39 is 6.10 Å². The number of hydrogen-bond acceptors (Lipinski definition) is 4. The zero-order valence-corrected chi connectivity index (χ0v) is 19.9. The van der Waals surface area contributed by atoms with Gasteiger partial charge in [-0.05, 0) is 37.3 Å². The average molecular weight is 446 g/mol. The van der Waals surface area contributed by atoms with Crippen LogP contribution in [0.4, 0.5) is 0 Å². The maximum atomic E-state index is 12.9. The minimum Gasteiger partial charge on any atom is -0.388 e. The molecule has 0 spiro atoms. The van der Waals surface area contributed by atoms with Crippen molar-refractivity contribution in [3.63, 3.8) is 0 Å². The zero-order valence-electron chi connectivity index (χ0n) is 18.3. The van der Waals surface area contributed by atoms with Crippen molar-refractivity contribution in [2.75, 3.05) is 5.75 Å². The number of amides is 1. The molecule has 2 rings (SSSR count). The van der Waals surface area contributed by atoms with Gasteiger partial charge in [-0.25, -0.2) is 0 Å². The van der Waals surface area contributed by atoms with Gasteiger partial charge in [0.05, 0.1) is 18.6 Å². The fourth-order valence-electron chi connectivity index (χ4n) is 3.52. The summed E-state index contributed by atoms with van der Waals surface area (Å²) < 4.78 is 0.623. The molecular weight excluding hydrogens is 410 g/mol. The number of benzene rings is 1. The maximum absolute atomic E-state index is 12.9. The summed E-state index contributed by atoms with van der Waals surface area (Å²) in [5.41, 5.74) is 2.00. The Morgan fingerprint density at radius 3 is 2.73 bits per heavy atom. The van der Waals surface area contributed by atoms with Crippen molar-refractivity contribution in [1.29, 1.82) is 0 Å². The normalized spacial score (nSPS) is 18.4. The smallest absolute Gasteiger partial charge is 0.231 e. The molecule has 0 unspecified atom stereocenters. The van der Waals surface area contributed by atoms with Crippen LogP contribution in [-0.4, -0.2) is 38.1 Å². The fraction of sp³-hybridized carbons (Fsp3) is 0.520. The van der Waals surface area contributed by atoms with E-state index in [1.807, 2.05) is 37.3 Å². The van der Waals surface area contributed by atoms with Crippen LogP contribution in [0.2, 0.25) is 0 Å². The third kappa shape index (κ3) is 8.37. The Bertz CT molecular complexity index is 730. The Morgan fingerprint density at radius 1 is 1.27 bits per heavy atom. The second kappa shape index (κ2) is 13.8. The lowest BCUT2D eigenvalue weighted by Gasteiger charge is -2.25. The zero-order chi connectivity index (χ0) is 21.8. The van der Waals surface area contributed by atoms with E-state index in [4.69, 9.17) is 12.2 Å².